The fourth-order valence-corrected chi connectivity index (χ4v) is 3.65. The number of halogens is 2. The van der Waals surface area contributed by atoms with Crippen LogP contribution in [-0.2, 0) is 16.1 Å². The second-order valence-electron chi connectivity index (χ2n) is 7.12. The minimum atomic E-state index is -0.231. The zero-order valence-corrected chi connectivity index (χ0v) is 17.7. The van der Waals surface area contributed by atoms with Crippen molar-refractivity contribution in [3.05, 3.63) is 58.1 Å². The third kappa shape index (κ3) is 5.39. The first kappa shape index (κ1) is 20.9. The van der Waals surface area contributed by atoms with Gasteiger partial charge in [0.15, 0.2) is 6.04 Å². The van der Waals surface area contributed by atoms with Gasteiger partial charge >= 0.3 is 0 Å². The third-order valence-corrected chi connectivity index (χ3v) is 5.71. The molecule has 2 aromatic rings. The van der Waals surface area contributed by atoms with Gasteiger partial charge in [-0.25, -0.2) is 0 Å². The van der Waals surface area contributed by atoms with Gasteiger partial charge in [0.25, 0.3) is 5.91 Å². The molecule has 0 saturated carbocycles. The normalized spacial score (nSPS) is 16.5. The molecule has 1 heterocycles. The summed E-state index contributed by atoms with van der Waals surface area (Å²) in [6.07, 6.45) is 0. The zero-order chi connectivity index (χ0) is 20.1. The number of likely N-dealkylation sites (N-methyl/N-ethyl adjacent to an activating group) is 1. The Morgan fingerprint density at radius 1 is 1.18 bits per heavy atom. The van der Waals surface area contributed by atoms with Crippen molar-refractivity contribution in [3.8, 4) is 0 Å². The Hall–Kier alpha value is -1.79. The average molecular weight is 423 g/mol. The molecular formula is C21H26Cl2N3O2+. The standard InChI is InChI=1S/C21H25Cl2N3O2/c1-15(25(2)14-16-3-4-17(22)13-20(16)23)21(27)24-18-5-7-19(8-6-18)26-9-11-28-12-10-26/h3-8,13,15H,9-12,14H2,1-2H3,(H,24,27)/p+1/t15-/m1/s1. The number of nitrogens with one attached hydrogen (secondary N) is 2. The summed E-state index contributed by atoms with van der Waals surface area (Å²) in [4.78, 5) is 16.0. The monoisotopic (exact) mass is 422 g/mol. The Bertz CT molecular complexity index is 808. The van der Waals surface area contributed by atoms with E-state index in [9.17, 15) is 4.79 Å². The molecule has 7 heteroatoms. The molecule has 0 aliphatic carbocycles. The summed E-state index contributed by atoms with van der Waals surface area (Å²) in [6.45, 7) is 5.84. The van der Waals surface area contributed by atoms with E-state index in [0.717, 1.165) is 48.1 Å². The smallest absolute Gasteiger partial charge is 0.282 e. The minimum Gasteiger partial charge on any atom is -0.378 e. The first-order valence-corrected chi connectivity index (χ1v) is 10.2. The summed E-state index contributed by atoms with van der Waals surface area (Å²) in [6, 6.07) is 13.2. The van der Waals surface area contributed by atoms with Crippen LogP contribution in [0.4, 0.5) is 11.4 Å². The number of amides is 1. The Morgan fingerprint density at radius 2 is 1.86 bits per heavy atom. The van der Waals surface area contributed by atoms with E-state index in [2.05, 4.69) is 10.2 Å². The van der Waals surface area contributed by atoms with Crippen molar-refractivity contribution in [2.45, 2.75) is 19.5 Å². The van der Waals surface area contributed by atoms with Crippen molar-refractivity contribution >= 4 is 40.5 Å². The Kier molecular flexibility index (Phi) is 7.18. The van der Waals surface area contributed by atoms with Crippen LogP contribution >= 0.6 is 23.2 Å². The zero-order valence-electron chi connectivity index (χ0n) is 16.2. The second kappa shape index (κ2) is 9.61. The van der Waals surface area contributed by atoms with Crippen LogP contribution in [0.5, 0.6) is 0 Å². The van der Waals surface area contributed by atoms with Crippen LogP contribution in [0.2, 0.25) is 10.0 Å². The van der Waals surface area contributed by atoms with Crippen LogP contribution in [0.3, 0.4) is 0 Å². The predicted octanol–water partition coefficient (Wildman–Crippen LogP) is 2.87. The lowest BCUT2D eigenvalue weighted by Gasteiger charge is -2.29. The SMILES string of the molecule is C[C@H](C(=O)Nc1ccc(N2CCOCC2)cc1)[NH+](C)Cc1ccc(Cl)cc1Cl. The van der Waals surface area contributed by atoms with Gasteiger partial charge in [0.05, 0.1) is 25.3 Å². The first-order chi connectivity index (χ1) is 13.4. The Balaban J connectivity index is 1.57. The summed E-state index contributed by atoms with van der Waals surface area (Å²) in [7, 11) is 1.98. The number of hydrogen-bond donors (Lipinski definition) is 2. The molecule has 0 bridgehead atoms. The summed E-state index contributed by atoms with van der Waals surface area (Å²) in [5.41, 5.74) is 2.92. The molecule has 150 valence electrons. The highest BCUT2D eigenvalue weighted by Gasteiger charge is 2.23. The summed E-state index contributed by atoms with van der Waals surface area (Å²) in [5, 5.41) is 4.24. The van der Waals surface area contributed by atoms with Gasteiger partial charge in [0.2, 0.25) is 0 Å². The van der Waals surface area contributed by atoms with Crippen molar-refractivity contribution in [1.82, 2.24) is 0 Å². The molecule has 2 aromatic carbocycles. The number of ether oxygens (including phenoxy) is 1. The number of anilines is 2. The number of morpholine rings is 1. The summed E-state index contributed by atoms with van der Waals surface area (Å²) in [5.74, 6) is -0.0262. The molecule has 1 unspecified atom stereocenters. The summed E-state index contributed by atoms with van der Waals surface area (Å²) < 4.78 is 5.39. The molecule has 1 amide bonds. The fraction of sp³-hybridized carbons (Fsp3) is 0.381. The van der Waals surface area contributed by atoms with Crippen LogP contribution in [0.1, 0.15) is 12.5 Å². The third-order valence-electron chi connectivity index (χ3n) is 5.13. The number of benzene rings is 2. The van der Waals surface area contributed by atoms with Crippen LogP contribution in [0.15, 0.2) is 42.5 Å². The number of rotatable bonds is 6. The lowest BCUT2D eigenvalue weighted by atomic mass is 10.1. The number of quaternary nitrogens is 1. The maximum atomic E-state index is 12.7. The van der Waals surface area contributed by atoms with Gasteiger partial charge in [0.1, 0.15) is 6.54 Å². The summed E-state index contributed by atoms with van der Waals surface area (Å²) >= 11 is 12.2. The maximum Gasteiger partial charge on any atom is 0.282 e. The van der Waals surface area contributed by atoms with E-state index in [4.69, 9.17) is 27.9 Å². The first-order valence-electron chi connectivity index (χ1n) is 9.44. The van der Waals surface area contributed by atoms with E-state index >= 15 is 0 Å². The quantitative estimate of drug-likeness (QED) is 0.751. The molecule has 1 saturated heterocycles. The van der Waals surface area contributed by atoms with Gasteiger partial charge in [-0.2, -0.15) is 0 Å². The van der Waals surface area contributed by atoms with E-state index in [0.29, 0.717) is 16.6 Å². The highest BCUT2D eigenvalue weighted by Crippen LogP contribution is 2.21. The van der Waals surface area contributed by atoms with Gasteiger partial charge < -0.3 is 19.9 Å². The highest BCUT2D eigenvalue weighted by atomic mass is 35.5. The van der Waals surface area contributed by atoms with Crippen LogP contribution in [0.25, 0.3) is 0 Å². The number of carbonyl (C=O) groups excluding carboxylic acids is 1. The van der Waals surface area contributed by atoms with E-state index in [1.807, 2.05) is 50.4 Å². The van der Waals surface area contributed by atoms with Gasteiger partial charge in [-0.3, -0.25) is 4.79 Å². The molecule has 0 spiro atoms. The van der Waals surface area contributed by atoms with E-state index in [1.54, 1.807) is 6.07 Å². The number of carbonyl (C=O) groups is 1. The number of nitrogens with zero attached hydrogens (tertiary/aromatic N) is 1. The van der Waals surface area contributed by atoms with Crippen molar-refractivity contribution in [2.75, 3.05) is 43.6 Å². The van der Waals surface area contributed by atoms with Crippen LogP contribution < -0.4 is 15.1 Å². The van der Waals surface area contributed by atoms with Gasteiger partial charge in [-0.1, -0.05) is 29.3 Å². The van der Waals surface area contributed by atoms with Crippen LogP contribution in [0, 0.1) is 0 Å². The molecule has 2 atom stereocenters. The molecule has 28 heavy (non-hydrogen) atoms. The lowest BCUT2D eigenvalue weighted by molar-refractivity contribution is -0.907. The Morgan fingerprint density at radius 3 is 2.50 bits per heavy atom. The molecule has 1 aliphatic rings. The lowest BCUT2D eigenvalue weighted by Crippen LogP contribution is -3.12. The predicted molar refractivity (Wildman–Crippen MR) is 115 cm³/mol. The van der Waals surface area contributed by atoms with Gasteiger partial charge in [0, 0.05) is 35.1 Å². The molecular weight excluding hydrogens is 397 g/mol. The molecule has 1 aliphatic heterocycles. The maximum absolute atomic E-state index is 12.7. The molecule has 2 N–H and O–H groups in total. The molecule has 0 aromatic heterocycles. The highest BCUT2D eigenvalue weighted by molar-refractivity contribution is 6.35. The topological polar surface area (TPSA) is 46.0 Å². The number of hydrogen-bond acceptors (Lipinski definition) is 3. The fourth-order valence-electron chi connectivity index (χ4n) is 3.17. The van der Waals surface area contributed by atoms with E-state index < -0.39 is 0 Å². The van der Waals surface area contributed by atoms with Crippen molar-refractivity contribution < 1.29 is 14.4 Å². The van der Waals surface area contributed by atoms with Crippen molar-refractivity contribution in [1.29, 1.82) is 0 Å². The average Bonchev–Trinajstić information content (AvgIpc) is 2.70. The molecule has 1 fully saturated rings. The van der Waals surface area contributed by atoms with E-state index in [-0.39, 0.29) is 11.9 Å². The van der Waals surface area contributed by atoms with Gasteiger partial charge in [-0.15, -0.1) is 0 Å². The largest absolute Gasteiger partial charge is 0.378 e. The second-order valence-corrected chi connectivity index (χ2v) is 7.96. The minimum absolute atomic E-state index is 0.0262. The Labute approximate surface area is 176 Å². The molecule has 3 rings (SSSR count). The van der Waals surface area contributed by atoms with Crippen LogP contribution in [-0.4, -0.2) is 45.3 Å². The molecule has 5 nitrogen and oxygen atoms in total. The van der Waals surface area contributed by atoms with Crippen molar-refractivity contribution in [3.63, 3.8) is 0 Å². The molecule has 0 radical (unpaired) electrons. The van der Waals surface area contributed by atoms with E-state index in [1.165, 1.54) is 0 Å². The van der Waals surface area contributed by atoms with Crippen molar-refractivity contribution in [2.24, 2.45) is 0 Å². The van der Waals surface area contributed by atoms with Gasteiger partial charge in [-0.05, 0) is 43.3 Å².